The molecule has 4 nitrogen and oxygen atoms in total. The van der Waals surface area contributed by atoms with Gasteiger partial charge in [-0.05, 0) is 30.9 Å². The SMILES string of the molecule is O=C(COc1ccc(Cl)c(Cl)c1)NCC[C@@H]1CCOC1. The van der Waals surface area contributed by atoms with E-state index in [9.17, 15) is 4.79 Å². The van der Waals surface area contributed by atoms with E-state index in [1.54, 1.807) is 18.2 Å². The Morgan fingerprint density at radius 3 is 2.95 bits per heavy atom. The number of ether oxygens (including phenoxy) is 2. The van der Waals surface area contributed by atoms with E-state index in [4.69, 9.17) is 32.7 Å². The van der Waals surface area contributed by atoms with Crippen molar-refractivity contribution in [2.75, 3.05) is 26.4 Å². The van der Waals surface area contributed by atoms with Crippen LogP contribution in [-0.2, 0) is 9.53 Å². The monoisotopic (exact) mass is 317 g/mol. The van der Waals surface area contributed by atoms with E-state index in [0.717, 1.165) is 26.1 Å². The van der Waals surface area contributed by atoms with Crippen molar-refractivity contribution in [1.82, 2.24) is 5.32 Å². The van der Waals surface area contributed by atoms with Gasteiger partial charge in [0.25, 0.3) is 5.91 Å². The highest BCUT2D eigenvalue weighted by Crippen LogP contribution is 2.26. The van der Waals surface area contributed by atoms with E-state index in [0.29, 0.717) is 28.3 Å². The number of nitrogens with one attached hydrogen (secondary N) is 1. The Balaban J connectivity index is 1.65. The van der Waals surface area contributed by atoms with Gasteiger partial charge in [0.05, 0.1) is 10.0 Å². The quantitative estimate of drug-likeness (QED) is 0.877. The molecule has 1 N–H and O–H groups in total. The molecule has 1 aliphatic heterocycles. The normalized spacial score (nSPS) is 18.0. The molecule has 0 bridgehead atoms. The van der Waals surface area contributed by atoms with Gasteiger partial charge in [-0.15, -0.1) is 0 Å². The minimum atomic E-state index is -0.144. The van der Waals surface area contributed by atoms with Crippen molar-refractivity contribution in [2.45, 2.75) is 12.8 Å². The first-order valence-corrected chi connectivity index (χ1v) is 7.33. The average molecular weight is 318 g/mol. The minimum absolute atomic E-state index is 0.0286. The lowest BCUT2D eigenvalue weighted by molar-refractivity contribution is -0.123. The second kappa shape index (κ2) is 7.72. The van der Waals surface area contributed by atoms with Crippen LogP contribution < -0.4 is 10.1 Å². The summed E-state index contributed by atoms with van der Waals surface area (Å²) < 4.78 is 10.6. The molecule has 2 rings (SSSR count). The van der Waals surface area contributed by atoms with Crippen molar-refractivity contribution in [3.63, 3.8) is 0 Å². The number of amides is 1. The molecule has 1 saturated heterocycles. The van der Waals surface area contributed by atoms with Crippen molar-refractivity contribution in [1.29, 1.82) is 0 Å². The van der Waals surface area contributed by atoms with E-state index >= 15 is 0 Å². The summed E-state index contributed by atoms with van der Waals surface area (Å²) in [4.78, 5) is 11.6. The molecule has 1 fully saturated rings. The van der Waals surface area contributed by atoms with Gasteiger partial charge in [-0.2, -0.15) is 0 Å². The molecule has 1 heterocycles. The van der Waals surface area contributed by atoms with Gasteiger partial charge >= 0.3 is 0 Å². The van der Waals surface area contributed by atoms with Crippen LogP contribution in [0.4, 0.5) is 0 Å². The third kappa shape index (κ3) is 4.85. The Morgan fingerprint density at radius 2 is 2.25 bits per heavy atom. The number of carbonyl (C=O) groups is 1. The van der Waals surface area contributed by atoms with Gasteiger partial charge in [0.1, 0.15) is 5.75 Å². The average Bonchev–Trinajstić information content (AvgIpc) is 2.93. The Bertz CT molecular complexity index is 462. The molecule has 1 atom stereocenters. The first-order chi connectivity index (χ1) is 9.65. The van der Waals surface area contributed by atoms with Gasteiger partial charge in [-0.1, -0.05) is 23.2 Å². The zero-order valence-corrected chi connectivity index (χ0v) is 12.5. The molecule has 6 heteroatoms. The summed E-state index contributed by atoms with van der Waals surface area (Å²) >= 11 is 11.7. The fourth-order valence-electron chi connectivity index (χ4n) is 1.99. The van der Waals surface area contributed by atoms with Crippen LogP contribution in [0.25, 0.3) is 0 Å². The minimum Gasteiger partial charge on any atom is -0.484 e. The summed E-state index contributed by atoms with van der Waals surface area (Å²) in [6.45, 7) is 2.26. The predicted octanol–water partition coefficient (Wildman–Crippen LogP) is 2.92. The third-order valence-electron chi connectivity index (χ3n) is 3.16. The zero-order chi connectivity index (χ0) is 14.4. The van der Waals surface area contributed by atoms with Gasteiger partial charge in [0.15, 0.2) is 6.61 Å². The zero-order valence-electron chi connectivity index (χ0n) is 11.0. The molecule has 0 aromatic heterocycles. The Hall–Kier alpha value is -0.970. The number of hydrogen-bond acceptors (Lipinski definition) is 3. The topological polar surface area (TPSA) is 47.6 Å². The maximum absolute atomic E-state index is 11.6. The second-order valence-electron chi connectivity index (χ2n) is 4.73. The second-order valence-corrected chi connectivity index (χ2v) is 5.55. The van der Waals surface area contributed by atoms with Gasteiger partial charge < -0.3 is 14.8 Å². The standard InChI is InChI=1S/C14H17Cl2NO3/c15-12-2-1-11(7-13(12)16)20-9-14(18)17-5-3-10-4-6-19-8-10/h1-2,7,10H,3-6,8-9H2,(H,17,18)/t10-/m1/s1. The highest BCUT2D eigenvalue weighted by atomic mass is 35.5. The van der Waals surface area contributed by atoms with Gasteiger partial charge in [0, 0.05) is 25.8 Å². The van der Waals surface area contributed by atoms with Gasteiger partial charge in [-0.25, -0.2) is 0 Å². The summed E-state index contributed by atoms with van der Waals surface area (Å²) in [5.41, 5.74) is 0. The Morgan fingerprint density at radius 1 is 1.40 bits per heavy atom. The van der Waals surface area contributed by atoms with E-state index in [2.05, 4.69) is 5.32 Å². The van der Waals surface area contributed by atoms with Gasteiger partial charge in [0.2, 0.25) is 0 Å². The van der Waals surface area contributed by atoms with E-state index in [-0.39, 0.29) is 12.5 Å². The van der Waals surface area contributed by atoms with Crippen molar-refractivity contribution in [2.24, 2.45) is 5.92 Å². The van der Waals surface area contributed by atoms with Crippen molar-refractivity contribution >= 4 is 29.1 Å². The fourth-order valence-corrected chi connectivity index (χ4v) is 2.28. The van der Waals surface area contributed by atoms with Crippen LogP contribution in [0.15, 0.2) is 18.2 Å². The summed E-state index contributed by atoms with van der Waals surface area (Å²) in [6.07, 6.45) is 2.02. The van der Waals surface area contributed by atoms with Crippen LogP contribution in [0.1, 0.15) is 12.8 Å². The molecule has 1 amide bonds. The maximum atomic E-state index is 11.6. The van der Waals surface area contributed by atoms with Crippen LogP contribution in [0.5, 0.6) is 5.75 Å². The molecular weight excluding hydrogens is 301 g/mol. The van der Waals surface area contributed by atoms with E-state index < -0.39 is 0 Å². The highest BCUT2D eigenvalue weighted by Gasteiger charge is 2.15. The van der Waals surface area contributed by atoms with Crippen molar-refractivity contribution in [3.8, 4) is 5.75 Å². The van der Waals surface area contributed by atoms with Crippen LogP contribution in [0, 0.1) is 5.92 Å². The van der Waals surface area contributed by atoms with Crippen LogP contribution in [-0.4, -0.2) is 32.3 Å². The lowest BCUT2D eigenvalue weighted by Crippen LogP contribution is -2.30. The van der Waals surface area contributed by atoms with E-state index in [1.165, 1.54) is 0 Å². The lowest BCUT2D eigenvalue weighted by atomic mass is 10.1. The lowest BCUT2D eigenvalue weighted by Gasteiger charge is -2.10. The number of benzene rings is 1. The smallest absolute Gasteiger partial charge is 0.257 e. The molecule has 20 heavy (non-hydrogen) atoms. The highest BCUT2D eigenvalue weighted by molar-refractivity contribution is 6.42. The predicted molar refractivity (Wildman–Crippen MR) is 78.5 cm³/mol. The van der Waals surface area contributed by atoms with Crippen LogP contribution >= 0.6 is 23.2 Å². The Labute approximate surface area is 128 Å². The fraction of sp³-hybridized carbons (Fsp3) is 0.500. The molecule has 1 aromatic carbocycles. The first-order valence-electron chi connectivity index (χ1n) is 6.57. The molecule has 0 unspecified atom stereocenters. The first kappa shape index (κ1) is 15.4. The number of carbonyl (C=O) groups excluding carboxylic acids is 1. The van der Waals surface area contributed by atoms with Gasteiger partial charge in [-0.3, -0.25) is 4.79 Å². The molecule has 0 spiro atoms. The molecule has 110 valence electrons. The maximum Gasteiger partial charge on any atom is 0.257 e. The number of hydrogen-bond donors (Lipinski definition) is 1. The molecule has 1 aromatic rings. The molecule has 0 saturated carbocycles. The van der Waals surface area contributed by atoms with Crippen molar-refractivity contribution < 1.29 is 14.3 Å². The largest absolute Gasteiger partial charge is 0.484 e. The summed E-state index contributed by atoms with van der Waals surface area (Å²) in [5, 5.41) is 3.70. The van der Waals surface area contributed by atoms with Crippen LogP contribution in [0.2, 0.25) is 10.0 Å². The number of rotatable bonds is 6. The van der Waals surface area contributed by atoms with E-state index in [1.807, 2.05) is 0 Å². The molecule has 1 aliphatic rings. The van der Waals surface area contributed by atoms with Crippen LogP contribution in [0.3, 0.4) is 0 Å². The third-order valence-corrected chi connectivity index (χ3v) is 3.90. The summed E-state index contributed by atoms with van der Waals surface area (Å²) in [7, 11) is 0. The Kier molecular flexibility index (Phi) is 5.95. The van der Waals surface area contributed by atoms with Crippen molar-refractivity contribution in [3.05, 3.63) is 28.2 Å². The molecule has 0 radical (unpaired) electrons. The molecule has 0 aliphatic carbocycles. The number of halogens is 2. The summed E-state index contributed by atoms with van der Waals surface area (Å²) in [6, 6.07) is 4.90. The molecular formula is C14H17Cl2NO3. The summed E-state index contributed by atoms with van der Waals surface area (Å²) in [5.74, 6) is 0.944.